The zero-order valence-corrected chi connectivity index (χ0v) is 10.9. The van der Waals surface area contributed by atoms with E-state index in [1.54, 1.807) is 12.3 Å². The average Bonchev–Trinajstić information content (AvgIpc) is 2.30. The second-order valence-corrected chi connectivity index (χ2v) is 4.42. The summed E-state index contributed by atoms with van der Waals surface area (Å²) in [4.78, 5) is 15.7. The number of benzene rings is 1. The van der Waals surface area contributed by atoms with E-state index in [2.05, 4.69) is 4.99 Å². The van der Waals surface area contributed by atoms with Crippen LogP contribution in [0.2, 0.25) is 5.02 Å². The van der Waals surface area contributed by atoms with Crippen LogP contribution in [0.3, 0.4) is 0 Å². The number of hydrogen-bond acceptors (Lipinski definition) is 3. The van der Waals surface area contributed by atoms with Crippen LogP contribution in [0.25, 0.3) is 0 Å². The number of methoxy groups -OCH3 is 1. The van der Waals surface area contributed by atoms with Crippen molar-refractivity contribution in [2.45, 2.75) is 19.9 Å². The highest BCUT2D eigenvalue weighted by Crippen LogP contribution is 2.14. The lowest BCUT2D eigenvalue weighted by atomic mass is 10.1. The first-order chi connectivity index (χ1) is 8.06. The number of aliphatic imine (C=N–C) groups is 1. The molecular formula is C13H16ClNO2. The van der Waals surface area contributed by atoms with Crippen molar-refractivity contribution in [1.29, 1.82) is 0 Å². The Balaban J connectivity index is 2.87. The Morgan fingerprint density at radius 2 is 2.06 bits per heavy atom. The molecule has 0 fully saturated rings. The van der Waals surface area contributed by atoms with Gasteiger partial charge < -0.3 is 4.74 Å². The molecule has 3 nitrogen and oxygen atoms in total. The number of carbonyl (C=O) groups excluding carboxylic acids is 1. The van der Waals surface area contributed by atoms with Crippen molar-refractivity contribution in [3.05, 3.63) is 34.9 Å². The number of rotatable bonds is 4. The molecule has 0 N–H and O–H groups in total. The highest BCUT2D eigenvalue weighted by atomic mass is 35.5. The smallest absolute Gasteiger partial charge is 0.330 e. The molecule has 1 rings (SSSR count). The number of ether oxygens (including phenoxy) is 1. The van der Waals surface area contributed by atoms with Gasteiger partial charge in [-0.3, -0.25) is 4.99 Å². The van der Waals surface area contributed by atoms with Crippen molar-refractivity contribution in [3.63, 3.8) is 0 Å². The number of halogens is 1. The van der Waals surface area contributed by atoms with E-state index in [1.165, 1.54) is 7.11 Å². The Hall–Kier alpha value is -1.35. The maximum atomic E-state index is 11.5. The van der Waals surface area contributed by atoms with E-state index in [1.807, 2.05) is 32.0 Å². The van der Waals surface area contributed by atoms with Crippen molar-refractivity contribution in [3.8, 4) is 0 Å². The van der Waals surface area contributed by atoms with Crippen LogP contribution in [-0.4, -0.2) is 25.3 Å². The Kier molecular flexibility index (Phi) is 5.16. The zero-order chi connectivity index (χ0) is 12.8. The minimum atomic E-state index is -0.490. The van der Waals surface area contributed by atoms with Gasteiger partial charge in [0.25, 0.3) is 0 Å². The monoisotopic (exact) mass is 253 g/mol. The lowest BCUT2D eigenvalue weighted by molar-refractivity contribution is -0.143. The number of carbonyl (C=O) groups is 1. The molecule has 0 spiro atoms. The molecule has 17 heavy (non-hydrogen) atoms. The second-order valence-electron chi connectivity index (χ2n) is 4.01. The van der Waals surface area contributed by atoms with Crippen molar-refractivity contribution in [1.82, 2.24) is 0 Å². The maximum Gasteiger partial charge on any atom is 0.330 e. The molecule has 0 aliphatic rings. The first kappa shape index (κ1) is 13.7. The van der Waals surface area contributed by atoms with Gasteiger partial charge in [0.15, 0.2) is 0 Å². The van der Waals surface area contributed by atoms with E-state index < -0.39 is 6.04 Å². The molecule has 0 radical (unpaired) electrons. The molecule has 1 aromatic carbocycles. The Morgan fingerprint density at radius 1 is 1.41 bits per heavy atom. The van der Waals surface area contributed by atoms with Gasteiger partial charge in [-0.25, -0.2) is 4.79 Å². The fraction of sp³-hybridized carbons (Fsp3) is 0.385. The SMILES string of the molecule is COC(=O)C(N=Cc1ccccc1Cl)C(C)C. The summed E-state index contributed by atoms with van der Waals surface area (Å²) in [6.45, 7) is 3.84. The molecule has 4 heteroatoms. The van der Waals surface area contributed by atoms with Gasteiger partial charge in [0.1, 0.15) is 6.04 Å². The largest absolute Gasteiger partial charge is 0.467 e. The van der Waals surface area contributed by atoms with Gasteiger partial charge >= 0.3 is 5.97 Å². The van der Waals surface area contributed by atoms with Gasteiger partial charge in [-0.15, -0.1) is 0 Å². The van der Waals surface area contributed by atoms with E-state index in [-0.39, 0.29) is 11.9 Å². The standard InChI is InChI=1S/C13H16ClNO2/c1-9(2)12(13(16)17-3)15-8-10-6-4-5-7-11(10)14/h4-9,12H,1-3H3. The highest BCUT2D eigenvalue weighted by Gasteiger charge is 2.21. The van der Waals surface area contributed by atoms with E-state index >= 15 is 0 Å². The topological polar surface area (TPSA) is 38.7 Å². The first-order valence-corrected chi connectivity index (χ1v) is 5.79. The molecule has 1 aromatic rings. The summed E-state index contributed by atoms with van der Waals surface area (Å²) < 4.78 is 4.71. The first-order valence-electron chi connectivity index (χ1n) is 5.41. The molecule has 0 bridgehead atoms. The molecule has 0 aliphatic carbocycles. The van der Waals surface area contributed by atoms with E-state index in [4.69, 9.17) is 16.3 Å². The van der Waals surface area contributed by atoms with Crippen LogP contribution in [0.1, 0.15) is 19.4 Å². The van der Waals surface area contributed by atoms with Crippen LogP contribution in [-0.2, 0) is 9.53 Å². The summed E-state index contributed by atoms with van der Waals surface area (Å²) in [5.41, 5.74) is 0.795. The van der Waals surface area contributed by atoms with Crippen LogP contribution in [0.15, 0.2) is 29.3 Å². The summed E-state index contributed by atoms with van der Waals surface area (Å²) in [5.74, 6) is -0.246. The Bertz CT molecular complexity index is 416. The Labute approximate surface area is 106 Å². The molecule has 0 saturated heterocycles. The third-order valence-corrected chi connectivity index (χ3v) is 2.70. The zero-order valence-electron chi connectivity index (χ0n) is 10.2. The van der Waals surface area contributed by atoms with Crippen LogP contribution in [0.5, 0.6) is 0 Å². The minimum absolute atomic E-state index is 0.0844. The molecule has 0 aliphatic heterocycles. The third kappa shape index (κ3) is 3.86. The van der Waals surface area contributed by atoms with Crippen LogP contribution in [0, 0.1) is 5.92 Å². The van der Waals surface area contributed by atoms with Crippen LogP contribution >= 0.6 is 11.6 Å². The minimum Gasteiger partial charge on any atom is -0.467 e. The van der Waals surface area contributed by atoms with Gasteiger partial charge in [0.2, 0.25) is 0 Å². The van der Waals surface area contributed by atoms with E-state index in [0.717, 1.165) is 5.56 Å². The van der Waals surface area contributed by atoms with Gasteiger partial charge in [-0.05, 0) is 12.0 Å². The van der Waals surface area contributed by atoms with Crippen molar-refractivity contribution < 1.29 is 9.53 Å². The third-order valence-electron chi connectivity index (χ3n) is 2.35. The summed E-state index contributed by atoms with van der Waals surface area (Å²) >= 11 is 5.99. The molecule has 0 amide bonds. The van der Waals surface area contributed by atoms with Crippen molar-refractivity contribution >= 4 is 23.8 Å². The second kappa shape index (κ2) is 6.40. The normalized spacial score (nSPS) is 13.0. The summed E-state index contributed by atoms with van der Waals surface area (Å²) in [6.07, 6.45) is 1.62. The number of nitrogens with zero attached hydrogens (tertiary/aromatic N) is 1. The fourth-order valence-electron chi connectivity index (χ4n) is 1.37. The van der Waals surface area contributed by atoms with Crippen molar-refractivity contribution in [2.75, 3.05) is 7.11 Å². The molecule has 0 aromatic heterocycles. The fourth-order valence-corrected chi connectivity index (χ4v) is 1.55. The van der Waals surface area contributed by atoms with E-state index in [9.17, 15) is 4.79 Å². The lowest BCUT2D eigenvalue weighted by Crippen LogP contribution is -2.26. The lowest BCUT2D eigenvalue weighted by Gasteiger charge is -2.13. The van der Waals surface area contributed by atoms with Gasteiger partial charge in [-0.1, -0.05) is 43.6 Å². The average molecular weight is 254 g/mol. The van der Waals surface area contributed by atoms with Gasteiger partial charge in [0, 0.05) is 16.8 Å². The quantitative estimate of drug-likeness (QED) is 0.611. The summed E-state index contributed by atoms with van der Waals surface area (Å²) in [7, 11) is 1.36. The molecule has 92 valence electrons. The highest BCUT2D eigenvalue weighted by molar-refractivity contribution is 6.33. The Morgan fingerprint density at radius 3 is 2.59 bits per heavy atom. The predicted octanol–water partition coefficient (Wildman–Crippen LogP) is 2.96. The molecule has 0 saturated carbocycles. The maximum absolute atomic E-state index is 11.5. The van der Waals surface area contributed by atoms with Crippen molar-refractivity contribution in [2.24, 2.45) is 10.9 Å². The summed E-state index contributed by atoms with van der Waals surface area (Å²) in [5, 5.41) is 0.614. The van der Waals surface area contributed by atoms with Gasteiger partial charge in [-0.2, -0.15) is 0 Å². The number of esters is 1. The summed E-state index contributed by atoms with van der Waals surface area (Å²) in [6, 6.07) is 6.86. The molecular weight excluding hydrogens is 238 g/mol. The van der Waals surface area contributed by atoms with E-state index in [0.29, 0.717) is 5.02 Å². The molecule has 0 heterocycles. The van der Waals surface area contributed by atoms with Gasteiger partial charge in [0.05, 0.1) is 7.11 Å². The van der Waals surface area contributed by atoms with Crippen LogP contribution in [0.4, 0.5) is 0 Å². The number of hydrogen-bond donors (Lipinski definition) is 0. The predicted molar refractivity (Wildman–Crippen MR) is 69.7 cm³/mol. The van der Waals surface area contributed by atoms with Crippen LogP contribution < -0.4 is 0 Å². The molecule has 1 atom stereocenters. The molecule has 1 unspecified atom stereocenters.